The molecule has 2 fully saturated rings. The average molecular weight is 223 g/mol. The summed E-state index contributed by atoms with van der Waals surface area (Å²) in [6, 6.07) is 0.417. The number of hydrogen-bond acceptors (Lipinski definition) is 1. The van der Waals surface area contributed by atoms with Crippen LogP contribution in [0.25, 0.3) is 0 Å². The molecule has 16 heavy (non-hydrogen) atoms. The molecular formula is C14H25NO. The Hall–Kier alpha value is -0.530. The number of carbonyl (C=O) groups excluding carboxylic acids is 1. The molecule has 0 aromatic heterocycles. The van der Waals surface area contributed by atoms with E-state index < -0.39 is 0 Å². The summed E-state index contributed by atoms with van der Waals surface area (Å²) in [7, 11) is 0. The molecule has 2 rings (SSSR count). The Labute approximate surface area is 99.2 Å². The van der Waals surface area contributed by atoms with Crippen molar-refractivity contribution in [3.05, 3.63) is 0 Å². The van der Waals surface area contributed by atoms with Crippen LogP contribution in [0, 0.1) is 17.3 Å². The van der Waals surface area contributed by atoms with Gasteiger partial charge in [0.15, 0.2) is 0 Å². The first-order valence-electron chi connectivity index (χ1n) is 6.79. The molecule has 0 bridgehead atoms. The van der Waals surface area contributed by atoms with Crippen molar-refractivity contribution in [3.63, 3.8) is 0 Å². The van der Waals surface area contributed by atoms with Gasteiger partial charge in [-0.3, -0.25) is 4.79 Å². The van der Waals surface area contributed by atoms with Crippen LogP contribution < -0.4 is 5.32 Å². The van der Waals surface area contributed by atoms with Gasteiger partial charge < -0.3 is 5.32 Å². The summed E-state index contributed by atoms with van der Waals surface area (Å²) in [5.74, 6) is 1.84. The first-order chi connectivity index (χ1) is 7.49. The molecule has 2 aliphatic rings. The number of hydrogen-bond donors (Lipinski definition) is 1. The maximum atomic E-state index is 11.6. The van der Waals surface area contributed by atoms with E-state index in [-0.39, 0.29) is 11.3 Å². The zero-order valence-electron chi connectivity index (χ0n) is 10.9. The van der Waals surface area contributed by atoms with Crippen LogP contribution in [0.3, 0.4) is 0 Å². The normalized spacial score (nSPS) is 35.2. The van der Waals surface area contributed by atoms with Crippen molar-refractivity contribution < 1.29 is 4.79 Å². The maximum Gasteiger partial charge on any atom is 0.220 e. The van der Waals surface area contributed by atoms with Crippen molar-refractivity contribution in [2.75, 3.05) is 0 Å². The van der Waals surface area contributed by atoms with E-state index in [0.717, 1.165) is 18.8 Å². The lowest BCUT2D eigenvalue weighted by molar-refractivity contribution is -0.119. The van der Waals surface area contributed by atoms with E-state index in [0.29, 0.717) is 12.0 Å². The van der Waals surface area contributed by atoms with Crippen molar-refractivity contribution in [1.82, 2.24) is 5.32 Å². The summed E-state index contributed by atoms with van der Waals surface area (Å²) < 4.78 is 0. The SMILES string of the molecule is CC(C)CC1NC(=O)CC1(C)CC1CCC1. The first kappa shape index (κ1) is 11.9. The van der Waals surface area contributed by atoms with Crippen molar-refractivity contribution >= 4 is 5.91 Å². The number of carbonyl (C=O) groups is 1. The van der Waals surface area contributed by atoms with Gasteiger partial charge in [0.2, 0.25) is 5.91 Å². The minimum atomic E-state index is 0.229. The topological polar surface area (TPSA) is 29.1 Å². The van der Waals surface area contributed by atoms with Crippen LogP contribution in [0.15, 0.2) is 0 Å². The third-order valence-electron chi connectivity index (χ3n) is 4.43. The molecule has 2 heteroatoms. The van der Waals surface area contributed by atoms with Gasteiger partial charge in [-0.1, -0.05) is 40.0 Å². The Balaban J connectivity index is 1.99. The molecule has 1 N–H and O–H groups in total. The van der Waals surface area contributed by atoms with Gasteiger partial charge in [-0.25, -0.2) is 0 Å². The minimum absolute atomic E-state index is 0.229. The van der Waals surface area contributed by atoms with Crippen LogP contribution in [0.1, 0.15) is 59.3 Å². The third-order valence-corrected chi connectivity index (χ3v) is 4.43. The van der Waals surface area contributed by atoms with E-state index in [1.807, 2.05) is 0 Å². The van der Waals surface area contributed by atoms with Gasteiger partial charge >= 0.3 is 0 Å². The molecular weight excluding hydrogens is 198 g/mol. The van der Waals surface area contributed by atoms with Crippen molar-refractivity contribution in [3.8, 4) is 0 Å². The summed E-state index contributed by atoms with van der Waals surface area (Å²) in [6.45, 7) is 6.80. The maximum absolute atomic E-state index is 11.6. The lowest BCUT2D eigenvalue weighted by Gasteiger charge is -2.38. The fourth-order valence-electron chi connectivity index (χ4n) is 3.30. The van der Waals surface area contributed by atoms with E-state index in [2.05, 4.69) is 26.1 Å². The Morgan fingerprint density at radius 3 is 2.62 bits per heavy atom. The lowest BCUT2D eigenvalue weighted by Crippen LogP contribution is -2.38. The monoisotopic (exact) mass is 223 g/mol. The third kappa shape index (κ3) is 2.41. The Bertz CT molecular complexity index is 270. The zero-order valence-corrected chi connectivity index (χ0v) is 10.9. The Morgan fingerprint density at radius 2 is 2.12 bits per heavy atom. The molecule has 1 aliphatic heterocycles. The highest BCUT2D eigenvalue weighted by Gasteiger charge is 2.44. The van der Waals surface area contributed by atoms with Crippen LogP contribution in [0.5, 0.6) is 0 Å². The van der Waals surface area contributed by atoms with Crippen LogP contribution in [0.2, 0.25) is 0 Å². The lowest BCUT2D eigenvalue weighted by atomic mass is 9.68. The average Bonchev–Trinajstić information content (AvgIpc) is 2.35. The quantitative estimate of drug-likeness (QED) is 0.779. The molecule has 1 amide bonds. The highest BCUT2D eigenvalue weighted by Crippen LogP contribution is 2.45. The Kier molecular flexibility index (Phi) is 3.27. The van der Waals surface area contributed by atoms with Crippen LogP contribution >= 0.6 is 0 Å². The van der Waals surface area contributed by atoms with Crippen molar-refractivity contribution in [1.29, 1.82) is 0 Å². The molecule has 1 aliphatic carbocycles. The summed E-state index contributed by atoms with van der Waals surface area (Å²) in [4.78, 5) is 11.6. The van der Waals surface area contributed by atoms with Crippen LogP contribution in [0.4, 0.5) is 0 Å². The molecule has 2 atom stereocenters. The molecule has 1 heterocycles. The number of rotatable bonds is 4. The second-order valence-corrected chi connectivity index (χ2v) is 6.58. The summed E-state index contributed by atoms with van der Waals surface area (Å²) in [6.07, 6.45) is 7.31. The number of nitrogens with one attached hydrogen (secondary N) is 1. The molecule has 0 radical (unpaired) electrons. The fourth-order valence-corrected chi connectivity index (χ4v) is 3.30. The first-order valence-corrected chi connectivity index (χ1v) is 6.79. The minimum Gasteiger partial charge on any atom is -0.353 e. The van der Waals surface area contributed by atoms with Crippen LogP contribution in [-0.2, 0) is 4.79 Å². The largest absolute Gasteiger partial charge is 0.353 e. The van der Waals surface area contributed by atoms with E-state index >= 15 is 0 Å². The van der Waals surface area contributed by atoms with E-state index in [1.54, 1.807) is 0 Å². The predicted octanol–water partition coefficient (Wildman–Crippen LogP) is 3.12. The summed E-state index contributed by atoms with van der Waals surface area (Å²) >= 11 is 0. The Morgan fingerprint density at radius 1 is 1.44 bits per heavy atom. The second-order valence-electron chi connectivity index (χ2n) is 6.58. The standard InChI is InChI=1S/C14H25NO/c1-10(2)7-12-14(3,9-13(16)15-12)8-11-5-4-6-11/h10-12H,4-9H2,1-3H3,(H,15,16). The van der Waals surface area contributed by atoms with Crippen molar-refractivity contribution in [2.24, 2.45) is 17.3 Å². The molecule has 0 aromatic rings. The van der Waals surface area contributed by atoms with E-state index in [9.17, 15) is 4.79 Å². The van der Waals surface area contributed by atoms with Gasteiger partial charge in [0.1, 0.15) is 0 Å². The zero-order chi connectivity index (χ0) is 11.8. The highest BCUT2D eigenvalue weighted by molar-refractivity contribution is 5.79. The molecule has 2 nitrogen and oxygen atoms in total. The molecule has 0 aromatic carbocycles. The van der Waals surface area contributed by atoms with Crippen LogP contribution in [-0.4, -0.2) is 11.9 Å². The molecule has 0 spiro atoms. The highest BCUT2D eigenvalue weighted by atomic mass is 16.2. The number of amides is 1. The van der Waals surface area contributed by atoms with Gasteiger partial charge in [-0.15, -0.1) is 0 Å². The molecule has 1 saturated carbocycles. The molecule has 92 valence electrons. The smallest absolute Gasteiger partial charge is 0.220 e. The fraction of sp³-hybridized carbons (Fsp3) is 0.929. The summed E-state index contributed by atoms with van der Waals surface area (Å²) in [5, 5.41) is 3.19. The van der Waals surface area contributed by atoms with Gasteiger partial charge in [0.25, 0.3) is 0 Å². The summed E-state index contributed by atoms with van der Waals surface area (Å²) in [5.41, 5.74) is 0.229. The molecule has 1 saturated heterocycles. The molecule has 2 unspecified atom stereocenters. The second kappa shape index (κ2) is 4.38. The van der Waals surface area contributed by atoms with Gasteiger partial charge in [0.05, 0.1) is 0 Å². The van der Waals surface area contributed by atoms with E-state index in [1.165, 1.54) is 25.7 Å². The van der Waals surface area contributed by atoms with Crippen molar-refractivity contribution in [2.45, 2.75) is 65.3 Å². The van der Waals surface area contributed by atoms with Gasteiger partial charge in [-0.2, -0.15) is 0 Å². The van der Waals surface area contributed by atoms with Gasteiger partial charge in [0, 0.05) is 12.5 Å². The van der Waals surface area contributed by atoms with Gasteiger partial charge in [-0.05, 0) is 30.1 Å². The predicted molar refractivity (Wildman–Crippen MR) is 66.1 cm³/mol. The van der Waals surface area contributed by atoms with E-state index in [4.69, 9.17) is 0 Å².